The Balaban J connectivity index is 1.10. The van der Waals surface area contributed by atoms with Crippen molar-refractivity contribution in [3.63, 3.8) is 0 Å². The maximum atomic E-state index is 6.46. The summed E-state index contributed by atoms with van der Waals surface area (Å²) < 4.78 is 6.46. The largest absolute Gasteiger partial charge is 0.420 e. The van der Waals surface area contributed by atoms with E-state index in [4.69, 9.17) is 4.42 Å². The molecule has 0 saturated heterocycles. The molecular formula is C45H39N3OSi. The second-order valence-corrected chi connectivity index (χ2v) is 17.1. The van der Waals surface area contributed by atoms with Crippen LogP contribution in [0.5, 0.6) is 0 Å². The maximum Gasteiger partial charge on any atom is 0.247 e. The predicted octanol–water partition coefficient (Wildman–Crippen LogP) is 8.61. The molecule has 2 aliphatic carbocycles. The lowest BCUT2D eigenvalue weighted by Crippen LogP contribution is -2.68. The molecule has 4 nitrogen and oxygen atoms in total. The molecule has 8 rings (SSSR count). The lowest BCUT2D eigenvalue weighted by Gasteiger charge is -2.37. The second-order valence-electron chi connectivity index (χ2n) is 13.2. The zero-order valence-corrected chi connectivity index (χ0v) is 29.1. The third-order valence-electron chi connectivity index (χ3n) is 10.1. The average Bonchev–Trinajstić information content (AvgIpc) is 3.70. The van der Waals surface area contributed by atoms with Crippen molar-refractivity contribution in [1.29, 1.82) is 0 Å². The summed E-state index contributed by atoms with van der Waals surface area (Å²) in [6.07, 6.45) is 17.5. The Labute approximate surface area is 295 Å². The Kier molecular flexibility index (Phi) is 8.57. The standard InChI is InChI=1S/C45H39N3OSi/c1-45(33-31-42(32-34-45)50(39-21-11-4-12-22-39,40-23-13-5-14-24-40)41-25-15-6-16-26-41)44-47-46-43(49-44)35-27-29-38(30-28-35)48(36-17-7-2-8-18-36)37-19-9-3-10-20-37/h2-19,21-33,37H,20,34H2,1H3. The van der Waals surface area contributed by atoms with E-state index in [1.54, 1.807) is 0 Å². The van der Waals surface area contributed by atoms with Crippen LogP contribution in [0.2, 0.25) is 0 Å². The molecule has 6 aromatic rings. The fourth-order valence-corrected chi connectivity index (χ4v) is 12.3. The number of rotatable bonds is 9. The first kappa shape index (κ1) is 31.5. The van der Waals surface area contributed by atoms with E-state index in [0.29, 0.717) is 11.8 Å². The highest BCUT2D eigenvalue weighted by Gasteiger charge is 2.44. The van der Waals surface area contributed by atoms with Gasteiger partial charge in [-0.2, -0.15) is 0 Å². The van der Waals surface area contributed by atoms with Crippen LogP contribution < -0.4 is 20.5 Å². The maximum absolute atomic E-state index is 6.46. The van der Waals surface area contributed by atoms with Crippen LogP contribution in [-0.4, -0.2) is 24.3 Å². The van der Waals surface area contributed by atoms with Gasteiger partial charge < -0.3 is 9.32 Å². The molecule has 0 radical (unpaired) electrons. The summed E-state index contributed by atoms with van der Waals surface area (Å²) in [6, 6.07) is 52.3. The Morgan fingerprint density at radius 3 is 1.74 bits per heavy atom. The van der Waals surface area contributed by atoms with E-state index in [1.807, 2.05) is 0 Å². The number of para-hydroxylation sites is 1. The smallest absolute Gasteiger partial charge is 0.247 e. The Bertz CT molecular complexity index is 2080. The lowest BCUT2D eigenvalue weighted by molar-refractivity contribution is 0.407. The van der Waals surface area contributed by atoms with Crippen LogP contribution in [0, 0.1) is 0 Å². The molecule has 5 heteroatoms. The summed E-state index contributed by atoms with van der Waals surface area (Å²) in [5.41, 5.74) is 2.76. The van der Waals surface area contributed by atoms with E-state index >= 15 is 0 Å². The second kappa shape index (κ2) is 13.6. The molecule has 0 saturated carbocycles. The molecule has 0 fully saturated rings. The summed E-state index contributed by atoms with van der Waals surface area (Å²) in [4.78, 5) is 2.38. The van der Waals surface area contributed by atoms with Crippen molar-refractivity contribution in [1.82, 2.24) is 10.2 Å². The van der Waals surface area contributed by atoms with E-state index in [0.717, 1.165) is 29.8 Å². The minimum Gasteiger partial charge on any atom is -0.420 e. The molecular weight excluding hydrogens is 627 g/mol. The molecule has 5 aromatic carbocycles. The molecule has 1 heterocycles. The van der Waals surface area contributed by atoms with Gasteiger partial charge >= 0.3 is 0 Å². The van der Waals surface area contributed by atoms with E-state index < -0.39 is 13.5 Å². The highest BCUT2D eigenvalue weighted by atomic mass is 28.3. The van der Waals surface area contributed by atoms with Crippen molar-refractivity contribution in [2.75, 3.05) is 4.90 Å². The Morgan fingerprint density at radius 2 is 1.22 bits per heavy atom. The molecule has 0 bridgehead atoms. The molecule has 2 unspecified atom stereocenters. The van der Waals surface area contributed by atoms with Gasteiger partial charge in [-0.05, 0) is 76.9 Å². The third kappa shape index (κ3) is 5.80. The van der Waals surface area contributed by atoms with E-state index in [2.05, 4.69) is 210 Å². The van der Waals surface area contributed by atoms with Crippen LogP contribution >= 0.6 is 0 Å². The molecule has 1 aromatic heterocycles. The monoisotopic (exact) mass is 665 g/mol. The zero-order valence-electron chi connectivity index (χ0n) is 28.1. The first-order valence-corrected chi connectivity index (χ1v) is 19.3. The molecule has 0 N–H and O–H groups in total. The average molecular weight is 666 g/mol. The lowest BCUT2D eigenvalue weighted by atomic mass is 9.83. The first-order valence-electron chi connectivity index (χ1n) is 17.3. The van der Waals surface area contributed by atoms with Crippen molar-refractivity contribution < 1.29 is 4.42 Å². The third-order valence-corrected chi connectivity index (χ3v) is 14.9. The van der Waals surface area contributed by atoms with E-state index in [-0.39, 0.29) is 6.04 Å². The molecule has 2 atom stereocenters. The molecule has 0 amide bonds. The fourth-order valence-electron chi connectivity index (χ4n) is 7.45. The SMILES string of the molecule is CC1(c2nnc(-c3ccc(N(c4ccccc4)C4C=CC=CC4)cc3)o2)C=CC([Si](c2ccccc2)(c2ccccc2)c2ccccc2)=CC1. The minimum absolute atomic E-state index is 0.242. The predicted molar refractivity (Wildman–Crippen MR) is 208 cm³/mol. The van der Waals surface area contributed by atoms with Crippen molar-refractivity contribution in [2.45, 2.75) is 31.2 Å². The summed E-state index contributed by atoms with van der Waals surface area (Å²) in [6.45, 7) is 2.19. The molecule has 50 heavy (non-hydrogen) atoms. The topological polar surface area (TPSA) is 42.2 Å². The number of hydrogen-bond acceptors (Lipinski definition) is 4. The molecule has 2 aliphatic rings. The molecule has 0 spiro atoms. The van der Waals surface area contributed by atoms with Crippen molar-refractivity contribution in [3.05, 3.63) is 199 Å². The number of nitrogens with zero attached hydrogens (tertiary/aromatic N) is 3. The van der Waals surface area contributed by atoms with Gasteiger partial charge in [0.05, 0.1) is 11.5 Å². The fraction of sp³-hybridized carbons (Fsp3) is 0.111. The van der Waals surface area contributed by atoms with Gasteiger partial charge in [0.15, 0.2) is 8.07 Å². The van der Waals surface area contributed by atoms with Crippen LogP contribution in [-0.2, 0) is 5.41 Å². The van der Waals surface area contributed by atoms with Gasteiger partial charge in [0, 0.05) is 16.9 Å². The number of benzene rings is 5. The van der Waals surface area contributed by atoms with Crippen molar-refractivity contribution in [2.24, 2.45) is 0 Å². The number of aromatic nitrogens is 2. The molecule has 0 aliphatic heterocycles. The summed E-state index contributed by atoms with van der Waals surface area (Å²) in [5, 5.41) is 14.6. The van der Waals surface area contributed by atoms with Crippen LogP contribution in [0.1, 0.15) is 25.7 Å². The Morgan fingerprint density at radius 1 is 0.660 bits per heavy atom. The van der Waals surface area contributed by atoms with E-state index in [9.17, 15) is 0 Å². The van der Waals surface area contributed by atoms with E-state index in [1.165, 1.54) is 20.8 Å². The normalized spacial score (nSPS) is 18.5. The van der Waals surface area contributed by atoms with Crippen LogP contribution in [0.15, 0.2) is 198 Å². The number of anilines is 2. The van der Waals surface area contributed by atoms with Crippen LogP contribution in [0.25, 0.3) is 11.5 Å². The van der Waals surface area contributed by atoms with Gasteiger partial charge in [-0.3, -0.25) is 0 Å². The molecule has 244 valence electrons. The Hall–Kier alpha value is -5.78. The van der Waals surface area contributed by atoms with Gasteiger partial charge in [0.1, 0.15) is 0 Å². The summed E-state index contributed by atoms with van der Waals surface area (Å²) in [7, 11) is -2.59. The van der Waals surface area contributed by atoms with Crippen molar-refractivity contribution in [3.8, 4) is 11.5 Å². The first-order chi connectivity index (χ1) is 24.6. The zero-order chi connectivity index (χ0) is 33.8. The minimum atomic E-state index is -2.59. The summed E-state index contributed by atoms with van der Waals surface area (Å²) >= 11 is 0. The van der Waals surface area contributed by atoms with Crippen LogP contribution in [0.4, 0.5) is 11.4 Å². The quantitative estimate of drug-likeness (QED) is 0.115. The van der Waals surface area contributed by atoms with Gasteiger partial charge in [-0.15, -0.1) is 10.2 Å². The highest BCUT2D eigenvalue weighted by molar-refractivity contribution is 7.16. The number of allylic oxidation sites excluding steroid dienone is 6. The highest BCUT2D eigenvalue weighted by Crippen LogP contribution is 2.37. The van der Waals surface area contributed by atoms with Gasteiger partial charge in [0.25, 0.3) is 0 Å². The number of hydrogen-bond donors (Lipinski definition) is 0. The van der Waals surface area contributed by atoms with Gasteiger partial charge in [0.2, 0.25) is 11.8 Å². The van der Waals surface area contributed by atoms with Gasteiger partial charge in [-0.1, -0.05) is 152 Å². The van der Waals surface area contributed by atoms with Gasteiger partial charge in [-0.25, -0.2) is 0 Å². The summed E-state index contributed by atoms with van der Waals surface area (Å²) in [5.74, 6) is 1.16. The van der Waals surface area contributed by atoms with Crippen molar-refractivity contribution >= 4 is 35.0 Å². The van der Waals surface area contributed by atoms with Crippen LogP contribution in [0.3, 0.4) is 0 Å².